The number of aliphatic carboxylic acids is 1. The van der Waals surface area contributed by atoms with Crippen LogP contribution in [0.3, 0.4) is 0 Å². The second-order valence-electron chi connectivity index (χ2n) is 1.54. The van der Waals surface area contributed by atoms with Crippen molar-refractivity contribution in [2.45, 2.75) is 6.04 Å². The molecule has 0 saturated carbocycles. The molecule has 0 aromatic heterocycles. The highest BCUT2D eigenvalue weighted by molar-refractivity contribution is 8.36. The molecule has 1 atom stereocenters. The number of carboxylic acid groups (broad SMARTS) is 1. The molecule has 0 aliphatic rings. The van der Waals surface area contributed by atoms with Gasteiger partial charge in [-0.15, -0.1) is 0 Å². The van der Waals surface area contributed by atoms with E-state index >= 15 is 0 Å². The number of carboxylic acids is 1. The highest BCUT2D eigenvalue weighted by atomic mass is 32.5. The predicted molar refractivity (Wildman–Crippen MR) is 56.9 cm³/mol. The van der Waals surface area contributed by atoms with Gasteiger partial charge in [0.05, 0.1) is 18.8 Å². The van der Waals surface area contributed by atoms with Crippen LogP contribution >= 0.6 is 23.3 Å². The Bertz CT molecular complexity index is 94.6. The molecule has 10 heavy (non-hydrogen) atoms. The maximum absolute atomic E-state index is 9.76. The van der Waals surface area contributed by atoms with Crippen LogP contribution in [0.2, 0.25) is 0 Å². The normalized spacial score (nSPS) is 11.8. The van der Waals surface area contributed by atoms with E-state index in [1.165, 1.54) is 18.8 Å². The Balaban J connectivity index is 0. The minimum absolute atomic E-state index is 0.190. The van der Waals surface area contributed by atoms with E-state index in [-0.39, 0.29) is 5.75 Å². The third-order valence-corrected chi connectivity index (χ3v) is 0.907. The number of carbonyl (C=O) groups is 1. The molecule has 0 heterocycles. The molecule has 0 fully saturated rings. The summed E-state index contributed by atoms with van der Waals surface area (Å²) in [5, 5.41) is 8.01. The van der Waals surface area contributed by atoms with Crippen molar-refractivity contribution in [3.8, 4) is 0 Å². The first-order valence-corrected chi connectivity index (χ1v) is 9.76. The summed E-state index contributed by atoms with van der Waals surface area (Å²) in [6.45, 7) is 0. The van der Waals surface area contributed by atoms with E-state index in [2.05, 4.69) is 12.6 Å². The van der Waals surface area contributed by atoms with Crippen LogP contribution < -0.4 is 5.73 Å². The zero-order valence-corrected chi connectivity index (χ0v) is 11.8. The van der Waals surface area contributed by atoms with Gasteiger partial charge in [0, 0.05) is 5.75 Å². The molecule has 0 aliphatic carbocycles. The van der Waals surface area contributed by atoms with Crippen molar-refractivity contribution in [2.75, 3.05) is 5.75 Å². The summed E-state index contributed by atoms with van der Waals surface area (Å²) >= 11 is 3.65. The SMILES string of the molecule is NC(CS)C(=O)O.[SiH3]S[SiH3]. The van der Waals surface area contributed by atoms with Gasteiger partial charge in [0.2, 0.25) is 0 Å². The van der Waals surface area contributed by atoms with Gasteiger partial charge in [0.15, 0.2) is 0 Å². The van der Waals surface area contributed by atoms with Crippen molar-refractivity contribution in [3.05, 3.63) is 0 Å². The van der Waals surface area contributed by atoms with Gasteiger partial charge in [-0.1, -0.05) is 0 Å². The van der Waals surface area contributed by atoms with E-state index < -0.39 is 12.0 Å². The molecule has 0 aromatic rings. The Morgan fingerprint density at radius 1 is 1.80 bits per heavy atom. The van der Waals surface area contributed by atoms with E-state index in [9.17, 15) is 4.79 Å². The van der Waals surface area contributed by atoms with E-state index in [0.29, 0.717) is 0 Å². The number of rotatable bonds is 2. The third kappa shape index (κ3) is 11.4. The van der Waals surface area contributed by atoms with Crippen LogP contribution in [0.4, 0.5) is 0 Å². The third-order valence-electron chi connectivity index (χ3n) is 0.514. The van der Waals surface area contributed by atoms with Crippen LogP contribution in [0.15, 0.2) is 0 Å². The Morgan fingerprint density at radius 2 is 2.10 bits per heavy atom. The van der Waals surface area contributed by atoms with E-state index in [1.807, 2.05) is 10.7 Å². The molecule has 0 radical (unpaired) electrons. The molecule has 62 valence electrons. The molecule has 0 aliphatic heterocycles. The Labute approximate surface area is 75.7 Å². The Kier molecular flexibility index (Phi) is 12.6. The van der Waals surface area contributed by atoms with Gasteiger partial charge < -0.3 is 10.8 Å². The maximum Gasteiger partial charge on any atom is 0.321 e. The average Bonchev–Trinajstić information content (AvgIpc) is 1.88. The first-order valence-electron chi connectivity index (χ1n) is 2.59. The summed E-state index contributed by atoms with van der Waals surface area (Å²) in [5.41, 5.74) is 4.94. The fourth-order valence-corrected chi connectivity index (χ4v) is 0.234. The van der Waals surface area contributed by atoms with Crippen LogP contribution in [0.5, 0.6) is 0 Å². The Hall–Kier alpha value is 0.564. The molecule has 0 spiro atoms. The highest BCUT2D eigenvalue weighted by Crippen LogP contribution is 1.80. The summed E-state index contributed by atoms with van der Waals surface area (Å²) in [6, 6.07) is -0.816. The van der Waals surface area contributed by atoms with Gasteiger partial charge in [0.1, 0.15) is 6.04 Å². The largest absolute Gasteiger partial charge is 0.480 e. The molecule has 0 bridgehead atoms. The fourth-order valence-electron chi connectivity index (χ4n) is 0.0781. The molecule has 0 saturated heterocycles. The second kappa shape index (κ2) is 9.56. The lowest BCUT2D eigenvalue weighted by Crippen LogP contribution is -2.31. The number of hydrogen-bond acceptors (Lipinski definition) is 4. The lowest BCUT2D eigenvalue weighted by Gasteiger charge is -1.96. The van der Waals surface area contributed by atoms with Gasteiger partial charge in [-0.2, -0.15) is 12.6 Å². The van der Waals surface area contributed by atoms with Gasteiger partial charge in [-0.3, -0.25) is 4.79 Å². The van der Waals surface area contributed by atoms with E-state index in [4.69, 9.17) is 10.8 Å². The standard InChI is InChI=1S/C3H7NO2S.H6SSi2/c4-2(1-7)3(5)6;2-1-3/h2,7H,1,4H2,(H,5,6);2-3H3. The molecule has 0 rings (SSSR count). The quantitative estimate of drug-likeness (QED) is 0.355. The molecule has 1 unspecified atom stereocenters. The van der Waals surface area contributed by atoms with Crippen molar-refractivity contribution in [1.82, 2.24) is 0 Å². The number of nitrogens with two attached hydrogens (primary N) is 1. The van der Waals surface area contributed by atoms with Gasteiger partial charge >= 0.3 is 5.97 Å². The first kappa shape index (κ1) is 13.2. The monoisotopic (exact) mass is 215 g/mol. The Morgan fingerprint density at radius 3 is 2.10 bits per heavy atom. The smallest absolute Gasteiger partial charge is 0.321 e. The summed E-state index contributed by atoms with van der Waals surface area (Å²) in [7, 11) is 4.72. The first-order chi connectivity index (χ1) is 4.59. The molecular formula is C3H13NO2S2Si2. The minimum atomic E-state index is -1.00. The molecule has 0 aromatic carbocycles. The zero-order chi connectivity index (χ0) is 8.57. The van der Waals surface area contributed by atoms with E-state index in [1.54, 1.807) is 0 Å². The lowest BCUT2D eigenvalue weighted by atomic mass is 10.4. The van der Waals surface area contributed by atoms with Gasteiger partial charge in [0.25, 0.3) is 0 Å². The van der Waals surface area contributed by atoms with Crippen molar-refractivity contribution < 1.29 is 9.90 Å². The average molecular weight is 215 g/mol. The fraction of sp³-hybridized carbons (Fsp3) is 0.667. The number of hydrogen-bond donors (Lipinski definition) is 3. The van der Waals surface area contributed by atoms with Gasteiger partial charge in [-0.05, 0) is 0 Å². The van der Waals surface area contributed by atoms with Crippen molar-refractivity contribution in [1.29, 1.82) is 0 Å². The van der Waals surface area contributed by atoms with Crippen molar-refractivity contribution >= 4 is 48.0 Å². The van der Waals surface area contributed by atoms with Crippen LogP contribution in [0, 0.1) is 0 Å². The lowest BCUT2D eigenvalue weighted by molar-refractivity contribution is -0.137. The minimum Gasteiger partial charge on any atom is -0.480 e. The van der Waals surface area contributed by atoms with Gasteiger partial charge in [-0.25, -0.2) is 10.7 Å². The molecule has 3 nitrogen and oxygen atoms in total. The van der Waals surface area contributed by atoms with E-state index in [0.717, 1.165) is 0 Å². The molecule has 7 heteroatoms. The highest BCUT2D eigenvalue weighted by Gasteiger charge is 2.06. The van der Waals surface area contributed by atoms with Crippen molar-refractivity contribution in [3.63, 3.8) is 0 Å². The summed E-state index contributed by atoms with van der Waals surface area (Å²) < 4.78 is 0. The maximum atomic E-state index is 9.76. The zero-order valence-electron chi connectivity index (χ0n) is 6.07. The van der Waals surface area contributed by atoms with Crippen molar-refractivity contribution in [2.24, 2.45) is 5.73 Å². The van der Waals surface area contributed by atoms with Crippen LogP contribution in [-0.2, 0) is 4.79 Å². The summed E-state index contributed by atoms with van der Waals surface area (Å²) in [4.78, 5) is 9.76. The van der Waals surface area contributed by atoms with Crippen LogP contribution in [0.25, 0.3) is 0 Å². The van der Waals surface area contributed by atoms with Crippen LogP contribution in [-0.4, -0.2) is 41.7 Å². The molecule has 3 N–H and O–H groups in total. The summed E-state index contributed by atoms with van der Waals surface area (Å²) in [6.07, 6.45) is 0. The van der Waals surface area contributed by atoms with Crippen LogP contribution in [0.1, 0.15) is 0 Å². The predicted octanol–water partition coefficient (Wildman–Crippen LogP) is -2.39. The molecular weight excluding hydrogens is 202 g/mol. The second-order valence-corrected chi connectivity index (χ2v) is 12.5. The topological polar surface area (TPSA) is 63.3 Å². The molecule has 0 amide bonds. The summed E-state index contributed by atoms with van der Waals surface area (Å²) in [5.74, 6) is -0.815. The number of thiol groups is 1.